The molecule has 10 heteroatoms. The van der Waals surface area contributed by atoms with Crippen LogP contribution in [0.15, 0.2) is 42.5 Å². The fourth-order valence-electron chi connectivity index (χ4n) is 4.43. The number of sulfonamides is 1. The number of aromatic nitrogens is 1. The van der Waals surface area contributed by atoms with Gasteiger partial charge in [0.2, 0.25) is 10.0 Å². The summed E-state index contributed by atoms with van der Waals surface area (Å²) in [5.74, 6) is 0.407. The van der Waals surface area contributed by atoms with E-state index in [0.29, 0.717) is 23.7 Å². The number of fused-ring (bicyclic) bond motifs is 1. The summed E-state index contributed by atoms with van der Waals surface area (Å²) in [5.41, 5.74) is -0.278. The third kappa shape index (κ3) is 4.73. The first-order chi connectivity index (χ1) is 14.1. The minimum Gasteiger partial charge on any atom is -0.356 e. The van der Waals surface area contributed by atoms with Crippen LogP contribution in [0.1, 0.15) is 24.1 Å². The van der Waals surface area contributed by atoms with E-state index < -0.39 is 21.9 Å². The van der Waals surface area contributed by atoms with Crippen LogP contribution in [0.5, 0.6) is 0 Å². The van der Waals surface area contributed by atoms with Crippen LogP contribution in [0.4, 0.5) is 19.0 Å². The lowest BCUT2D eigenvalue weighted by atomic mass is 9.98. The predicted octanol–water partition coefficient (Wildman–Crippen LogP) is 4.09. The summed E-state index contributed by atoms with van der Waals surface area (Å²) in [6, 6.07) is 10.3. The summed E-state index contributed by atoms with van der Waals surface area (Å²) in [6.07, 6.45) is -2.95. The quantitative estimate of drug-likeness (QED) is 0.731. The van der Waals surface area contributed by atoms with Crippen molar-refractivity contribution < 1.29 is 21.6 Å². The summed E-state index contributed by atoms with van der Waals surface area (Å²) in [5, 5.41) is 0.539. The molecule has 1 aromatic carbocycles. The molecule has 0 spiro atoms. The number of anilines is 1. The maximum Gasteiger partial charge on any atom is 0.433 e. The van der Waals surface area contributed by atoms with Gasteiger partial charge in [0.05, 0.1) is 5.75 Å². The van der Waals surface area contributed by atoms with Gasteiger partial charge in [0.1, 0.15) is 11.5 Å². The van der Waals surface area contributed by atoms with Crippen LogP contribution < -0.4 is 9.62 Å². The molecule has 1 aliphatic heterocycles. The number of halogens is 4. The van der Waals surface area contributed by atoms with Crippen molar-refractivity contribution in [2.24, 2.45) is 11.8 Å². The van der Waals surface area contributed by atoms with Gasteiger partial charge in [-0.1, -0.05) is 29.8 Å². The highest BCUT2D eigenvalue weighted by molar-refractivity contribution is 7.88. The molecule has 0 radical (unpaired) electrons. The van der Waals surface area contributed by atoms with Crippen LogP contribution in [0.25, 0.3) is 0 Å². The molecular formula is C20H21ClF3N3O2S. The van der Waals surface area contributed by atoms with Crippen LogP contribution in [0, 0.1) is 11.8 Å². The molecule has 1 saturated carbocycles. The van der Waals surface area contributed by atoms with E-state index in [9.17, 15) is 21.6 Å². The fraction of sp³-hybridized carbons (Fsp3) is 0.450. The smallest absolute Gasteiger partial charge is 0.356 e. The molecule has 5 nitrogen and oxygen atoms in total. The van der Waals surface area contributed by atoms with E-state index in [1.54, 1.807) is 30.3 Å². The number of nitrogens with one attached hydrogen (secondary N) is 1. The standard InChI is InChI=1S/C20H21ClF3N3O2S/c21-15-7-4-13(5-8-15)12-30(28,29)26-17-9-6-14-10-27(11-16(14)17)19-3-1-2-18(25-19)20(22,23)24/h1-5,7-8,14,16-17,26H,6,9-12H2/t14-,16+,17+/m1/s1. The molecule has 0 amide bonds. The minimum absolute atomic E-state index is 0.0429. The van der Waals surface area contributed by atoms with Crippen molar-refractivity contribution >= 4 is 27.4 Å². The molecule has 1 saturated heterocycles. The Morgan fingerprint density at radius 1 is 1.10 bits per heavy atom. The molecule has 30 heavy (non-hydrogen) atoms. The number of alkyl halides is 3. The molecule has 1 N–H and O–H groups in total. The summed E-state index contributed by atoms with van der Waals surface area (Å²) < 4.78 is 67.0. The Morgan fingerprint density at radius 3 is 2.53 bits per heavy atom. The van der Waals surface area contributed by atoms with Gasteiger partial charge in [0.15, 0.2) is 0 Å². The van der Waals surface area contributed by atoms with Crippen molar-refractivity contribution in [3.63, 3.8) is 0 Å². The number of nitrogens with zero attached hydrogens (tertiary/aromatic N) is 2. The van der Waals surface area contributed by atoms with Gasteiger partial charge in [0, 0.05) is 24.2 Å². The molecule has 4 rings (SSSR count). The average Bonchev–Trinajstić information content (AvgIpc) is 3.25. The predicted molar refractivity (Wildman–Crippen MR) is 109 cm³/mol. The normalized spacial score (nSPS) is 24.3. The zero-order chi connectivity index (χ0) is 21.5. The van der Waals surface area contributed by atoms with Crippen LogP contribution in [0.3, 0.4) is 0 Å². The molecule has 2 heterocycles. The first-order valence-corrected chi connectivity index (χ1v) is 11.7. The summed E-state index contributed by atoms with van der Waals surface area (Å²) in [6.45, 7) is 1.06. The van der Waals surface area contributed by atoms with E-state index in [1.807, 2.05) is 4.90 Å². The number of pyridine rings is 1. The molecule has 0 unspecified atom stereocenters. The summed E-state index contributed by atoms with van der Waals surface area (Å²) in [7, 11) is -3.55. The van der Waals surface area contributed by atoms with Crippen molar-refractivity contribution in [1.82, 2.24) is 9.71 Å². The maximum absolute atomic E-state index is 13.0. The second-order valence-electron chi connectivity index (χ2n) is 7.89. The lowest BCUT2D eigenvalue weighted by molar-refractivity contribution is -0.141. The van der Waals surface area contributed by atoms with Gasteiger partial charge in [-0.05, 0) is 54.5 Å². The lowest BCUT2D eigenvalue weighted by Crippen LogP contribution is -2.40. The van der Waals surface area contributed by atoms with Crippen molar-refractivity contribution in [2.75, 3.05) is 18.0 Å². The molecule has 1 aliphatic carbocycles. The second kappa shape index (κ2) is 8.01. The van der Waals surface area contributed by atoms with Crippen LogP contribution in [-0.4, -0.2) is 32.5 Å². The van der Waals surface area contributed by atoms with Gasteiger partial charge in [-0.15, -0.1) is 0 Å². The first-order valence-electron chi connectivity index (χ1n) is 9.64. The number of rotatable bonds is 5. The highest BCUT2D eigenvalue weighted by atomic mass is 35.5. The molecule has 0 bridgehead atoms. The van der Waals surface area contributed by atoms with Crippen LogP contribution in [-0.2, 0) is 22.0 Å². The Bertz CT molecular complexity index is 1010. The van der Waals surface area contributed by atoms with Gasteiger partial charge < -0.3 is 4.90 Å². The van der Waals surface area contributed by atoms with Crippen molar-refractivity contribution in [2.45, 2.75) is 30.8 Å². The third-order valence-corrected chi connectivity index (χ3v) is 7.43. The molecule has 2 aromatic rings. The molecule has 2 aliphatic rings. The minimum atomic E-state index is -4.49. The van der Waals surface area contributed by atoms with Crippen molar-refractivity contribution in [3.05, 3.63) is 58.7 Å². The number of hydrogen-bond acceptors (Lipinski definition) is 4. The van der Waals surface area contributed by atoms with Gasteiger partial charge in [-0.2, -0.15) is 13.2 Å². The highest BCUT2D eigenvalue weighted by Crippen LogP contribution is 2.40. The SMILES string of the molecule is O=S(=O)(Cc1ccc(Cl)cc1)N[C@H]1CC[C@@H]2CN(c3cccc(C(F)(F)F)n3)C[C@@H]21. The van der Waals surface area contributed by atoms with E-state index in [1.165, 1.54) is 6.07 Å². The molecular weight excluding hydrogens is 439 g/mol. The molecule has 3 atom stereocenters. The third-order valence-electron chi connectivity index (χ3n) is 5.81. The van der Waals surface area contributed by atoms with E-state index in [2.05, 4.69) is 9.71 Å². The van der Waals surface area contributed by atoms with Gasteiger partial charge in [0.25, 0.3) is 0 Å². The van der Waals surface area contributed by atoms with E-state index in [-0.39, 0.29) is 29.4 Å². The van der Waals surface area contributed by atoms with Crippen LogP contribution >= 0.6 is 11.6 Å². The molecule has 1 aromatic heterocycles. The Kier molecular flexibility index (Phi) is 5.71. The average molecular weight is 460 g/mol. The zero-order valence-electron chi connectivity index (χ0n) is 15.9. The van der Waals surface area contributed by atoms with Gasteiger partial charge in [-0.25, -0.2) is 18.1 Å². The van der Waals surface area contributed by atoms with Crippen molar-refractivity contribution in [3.8, 4) is 0 Å². The fourth-order valence-corrected chi connectivity index (χ4v) is 6.02. The second-order valence-corrected chi connectivity index (χ2v) is 10.1. The van der Waals surface area contributed by atoms with E-state index >= 15 is 0 Å². The Hall–Kier alpha value is -1.84. The summed E-state index contributed by atoms with van der Waals surface area (Å²) in [4.78, 5) is 5.59. The van der Waals surface area contributed by atoms with E-state index in [0.717, 1.165) is 18.9 Å². The maximum atomic E-state index is 13.0. The first kappa shape index (κ1) is 21.4. The van der Waals surface area contributed by atoms with Gasteiger partial charge >= 0.3 is 6.18 Å². The Balaban J connectivity index is 1.43. The number of hydrogen-bond donors (Lipinski definition) is 1. The number of benzene rings is 1. The molecule has 2 fully saturated rings. The van der Waals surface area contributed by atoms with Crippen LogP contribution in [0.2, 0.25) is 5.02 Å². The van der Waals surface area contributed by atoms with Gasteiger partial charge in [-0.3, -0.25) is 0 Å². The highest BCUT2D eigenvalue weighted by Gasteiger charge is 2.44. The Morgan fingerprint density at radius 2 is 1.83 bits per heavy atom. The zero-order valence-corrected chi connectivity index (χ0v) is 17.5. The van der Waals surface area contributed by atoms with E-state index in [4.69, 9.17) is 11.6 Å². The molecule has 162 valence electrons. The topological polar surface area (TPSA) is 62.3 Å². The lowest BCUT2D eigenvalue weighted by Gasteiger charge is -2.23. The monoisotopic (exact) mass is 459 g/mol. The Labute approximate surface area is 178 Å². The summed E-state index contributed by atoms with van der Waals surface area (Å²) >= 11 is 5.84. The largest absolute Gasteiger partial charge is 0.433 e. The van der Waals surface area contributed by atoms with Crippen molar-refractivity contribution in [1.29, 1.82) is 0 Å².